The maximum atomic E-state index is 6.28. The van der Waals surface area contributed by atoms with E-state index < -0.39 is 0 Å². The van der Waals surface area contributed by atoms with Crippen molar-refractivity contribution in [1.82, 2.24) is 15.2 Å². The minimum atomic E-state index is 0.477. The number of thioether (sulfide) groups is 2. The van der Waals surface area contributed by atoms with Crippen LogP contribution in [-0.4, -0.2) is 21.4 Å². The molecular weight excluding hydrogens is 344 g/mol. The SMILES string of the molecule is CSc1ccc2cc(CSc3nnc(N)s3)c(Cl)nc2c1. The summed E-state index contributed by atoms with van der Waals surface area (Å²) in [4.78, 5) is 5.66. The molecule has 0 spiro atoms. The van der Waals surface area contributed by atoms with E-state index in [1.54, 1.807) is 23.5 Å². The van der Waals surface area contributed by atoms with Crippen LogP contribution in [0.2, 0.25) is 5.15 Å². The highest BCUT2D eigenvalue weighted by atomic mass is 35.5. The number of benzene rings is 1. The van der Waals surface area contributed by atoms with Crippen LogP contribution in [0.15, 0.2) is 33.5 Å². The lowest BCUT2D eigenvalue weighted by atomic mass is 10.2. The Bertz CT molecular complexity index is 790. The summed E-state index contributed by atoms with van der Waals surface area (Å²) in [6.45, 7) is 0. The number of aromatic nitrogens is 3. The molecule has 0 fully saturated rings. The van der Waals surface area contributed by atoms with E-state index >= 15 is 0 Å². The zero-order valence-corrected chi connectivity index (χ0v) is 14.2. The van der Waals surface area contributed by atoms with Crippen molar-refractivity contribution < 1.29 is 0 Å². The molecule has 2 heterocycles. The van der Waals surface area contributed by atoms with Crippen LogP contribution in [0.3, 0.4) is 0 Å². The van der Waals surface area contributed by atoms with Crippen molar-refractivity contribution in [3.05, 3.63) is 35.0 Å². The predicted molar refractivity (Wildman–Crippen MR) is 92.4 cm³/mol. The topological polar surface area (TPSA) is 64.7 Å². The van der Waals surface area contributed by atoms with Crippen LogP contribution >= 0.6 is 46.5 Å². The van der Waals surface area contributed by atoms with Crippen molar-refractivity contribution in [2.24, 2.45) is 0 Å². The van der Waals surface area contributed by atoms with Crippen LogP contribution in [0, 0.1) is 0 Å². The summed E-state index contributed by atoms with van der Waals surface area (Å²) >= 11 is 10.9. The molecule has 0 aliphatic carbocycles. The molecule has 0 atom stereocenters. The van der Waals surface area contributed by atoms with Crippen LogP contribution < -0.4 is 5.73 Å². The van der Waals surface area contributed by atoms with Gasteiger partial charge in [0.25, 0.3) is 0 Å². The van der Waals surface area contributed by atoms with E-state index in [0.717, 1.165) is 20.8 Å². The van der Waals surface area contributed by atoms with Gasteiger partial charge in [0.1, 0.15) is 5.15 Å². The van der Waals surface area contributed by atoms with E-state index in [-0.39, 0.29) is 0 Å². The van der Waals surface area contributed by atoms with Gasteiger partial charge in [0, 0.05) is 21.6 Å². The molecule has 0 aliphatic heterocycles. The number of hydrogen-bond donors (Lipinski definition) is 1. The van der Waals surface area contributed by atoms with Crippen LogP contribution in [0.25, 0.3) is 10.9 Å². The molecule has 3 aromatic rings. The van der Waals surface area contributed by atoms with Gasteiger partial charge in [-0.1, -0.05) is 40.8 Å². The second-order valence-electron chi connectivity index (χ2n) is 4.19. The monoisotopic (exact) mass is 354 g/mol. The quantitative estimate of drug-likeness (QED) is 0.555. The van der Waals surface area contributed by atoms with Gasteiger partial charge in [-0.05, 0) is 24.5 Å². The average Bonchev–Trinajstić information content (AvgIpc) is 2.90. The summed E-state index contributed by atoms with van der Waals surface area (Å²) in [5, 5.41) is 9.88. The van der Waals surface area contributed by atoms with Gasteiger partial charge in [-0.2, -0.15) is 0 Å². The third kappa shape index (κ3) is 3.42. The number of hydrogen-bond acceptors (Lipinski definition) is 7. The molecular formula is C13H11ClN4S3. The molecule has 0 saturated carbocycles. The van der Waals surface area contributed by atoms with Crippen LogP contribution in [0.4, 0.5) is 5.13 Å². The van der Waals surface area contributed by atoms with Gasteiger partial charge in [0.05, 0.1) is 5.52 Å². The van der Waals surface area contributed by atoms with E-state index in [0.29, 0.717) is 16.0 Å². The smallest absolute Gasteiger partial charge is 0.203 e. The number of nitrogens with zero attached hydrogens (tertiary/aromatic N) is 3. The zero-order chi connectivity index (χ0) is 14.8. The van der Waals surface area contributed by atoms with Crippen molar-refractivity contribution in [2.75, 3.05) is 12.0 Å². The number of pyridine rings is 1. The first kappa shape index (κ1) is 14.9. The first-order valence-electron chi connectivity index (χ1n) is 6.00. The van der Waals surface area contributed by atoms with Crippen molar-refractivity contribution >= 4 is 62.5 Å². The molecule has 108 valence electrons. The first-order chi connectivity index (χ1) is 10.2. The number of nitrogen functional groups attached to an aromatic ring is 1. The second-order valence-corrected chi connectivity index (χ2v) is 7.66. The minimum absolute atomic E-state index is 0.477. The standard InChI is InChI=1S/C13H11ClN4S3/c1-19-9-3-2-7-4-8(11(14)16-10(7)5-9)6-20-13-18-17-12(15)21-13/h2-5H,6H2,1H3,(H2,15,17). The fourth-order valence-corrected chi connectivity index (χ4v) is 4.15. The van der Waals surface area contributed by atoms with Crippen LogP contribution in [0.1, 0.15) is 5.56 Å². The maximum absolute atomic E-state index is 6.28. The van der Waals surface area contributed by atoms with Crippen LogP contribution in [0.5, 0.6) is 0 Å². The fraction of sp³-hybridized carbons (Fsp3) is 0.154. The molecule has 21 heavy (non-hydrogen) atoms. The Morgan fingerprint density at radius 2 is 2.14 bits per heavy atom. The maximum Gasteiger partial charge on any atom is 0.203 e. The molecule has 0 amide bonds. The van der Waals surface area contributed by atoms with Crippen molar-refractivity contribution in [3.8, 4) is 0 Å². The Balaban J connectivity index is 1.86. The summed E-state index contributed by atoms with van der Waals surface area (Å²) in [7, 11) is 0. The lowest BCUT2D eigenvalue weighted by Crippen LogP contribution is -1.89. The van der Waals surface area contributed by atoms with Gasteiger partial charge >= 0.3 is 0 Å². The van der Waals surface area contributed by atoms with Gasteiger partial charge in [-0.15, -0.1) is 22.0 Å². The van der Waals surface area contributed by atoms with E-state index in [9.17, 15) is 0 Å². The van der Waals surface area contributed by atoms with Gasteiger partial charge in [0.2, 0.25) is 5.13 Å². The minimum Gasteiger partial charge on any atom is -0.374 e. The molecule has 8 heteroatoms. The Kier molecular flexibility index (Phi) is 4.54. The Labute approximate surface area is 139 Å². The molecule has 0 unspecified atom stereocenters. The lowest BCUT2D eigenvalue weighted by molar-refractivity contribution is 1.02. The normalized spacial score (nSPS) is 11.1. The van der Waals surface area contributed by atoms with E-state index in [4.69, 9.17) is 17.3 Å². The number of halogens is 1. The van der Waals surface area contributed by atoms with Gasteiger partial charge in [0.15, 0.2) is 4.34 Å². The lowest BCUT2D eigenvalue weighted by Gasteiger charge is -2.06. The van der Waals surface area contributed by atoms with E-state index in [2.05, 4.69) is 33.4 Å². The summed E-state index contributed by atoms with van der Waals surface area (Å²) in [5.41, 5.74) is 7.47. The summed E-state index contributed by atoms with van der Waals surface area (Å²) < 4.78 is 0.835. The highest BCUT2D eigenvalue weighted by Crippen LogP contribution is 2.31. The highest BCUT2D eigenvalue weighted by Gasteiger charge is 2.08. The van der Waals surface area contributed by atoms with E-state index in [1.807, 2.05) is 12.3 Å². The average molecular weight is 355 g/mol. The Morgan fingerprint density at radius 1 is 1.29 bits per heavy atom. The molecule has 0 radical (unpaired) electrons. The molecule has 4 nitrogen and oxygen atoms in total. The van der Waals surface area contributed by atoms with Gasteiger partial charge in [-0.3, -0.25) is 0 Å². The Morgan fingerprint density at radius 3 is 2.86 bits per heavy atom. The fourth-order valence-electron chi connectivity index (χ4n) is 1.81. The molecule has 3 rings (SSSR count). The number of anilines is 1. The second kappa shape index (κ2) is 6.39. The molecule has 2 N–H and O–H groups in total. The predicted octanol–water partition coefficient (Wildman–Crippen LogP) is 4.34. The van der Waals surface area contributed by atoms with Gasteiger partial charge in [-0.25, -0.2) is 4.98 Å². The van der Waals surface area contributed by atoms with Crippen molar-refractivity contribution in [2.45, 2.75) is 15.0 Å². The largest absolute Gasteiger partial charge is 0.374 e. The first-order valence-corrected chi connectivity index (χ1v) is 9.41. The van der Waals surface area contributed by atoms with Gasteiger partial charge < -0.3 is 5.73 Å². The highest BCUT2D eigenvalue weighted by molar-refractivity contribution is 8.00. The molecule has 1 aromatic carbocycles. The number of rotatable bonds is 4. The molecule has 0 saturated heterocycles. The molecule has 0 aliphatic rings. The molecule has 0 bridgehead atoms. The Hall–Kier alpha value is -1.02. The zero-order valence-electron chi connectivity index (χ0n) is 11.0. The summed E-state index contributed by atoms with van der Waals surface area (Å²) in [6, 6.07) is 8.28. The molecule has 2 aromatic heterocycles. The number of fused-ring (bicyclic) bond motifs is 1. The van der Waals surface area contributed by atoms with E-state index in [1.165, 1.54) is 16.2 Å². The third-order valence-electron chi connectivity index (χ3n) is 2.82. The third-order valence-corrected chi connectivity index (χ3v) is 5.81. The summed E-state index contributed by atoms with van der Waals surface area (Å²) in [5.74, 6) is 0.695. The van der Waals surface area contributed by atoms with Crippen LogP contribution in [-0.2, 0) is 5.75 Å². The van der Waals surface area contributed by atoms with Crippen molar-refractivity contribution in [1.29, 1.82) is 0 Å². The summed E-state index contributed by atoms with van der Waals surface area (Å²) in [6.07, 6.45) is 2.04. The van der Waals surface area contributed by atoms with Crippen molar-refractivity contribution in [3.63, 3.8) is 0 Å². The number of nitrogens with two attached hydrogens (primary N) is 1.